The van der Waals surface area contributed by atoms with Crippen molar-refractivity contribution in [1.29, 1.82) is 0 Å². The number of rotatable bonds is 1. The zero-order valence-corrected chi connectivity index (χ0v) is 18.6. The number of fused-ring (bicyclic) bond motifs is 4. The van der Waals surface area contributed by atoms with E-state index >= 15 is 0 Å². The van der Waals surface area contributed by atoms with Gasteiger partial charge in [-0.3, -0.25) is 0 Å². The second-order valence-corrected chi connectivity index (χ2v) is 11.1. The molecule has 4 heteroatoms. The van der Waals surface area contributed by atoms with E-state index in [0.29, 0.717) is 0 Å². The smallest absolute Gasteiger partial charge is 1.00 e. The first-order valence-corrected chi connectivity index (χ1v) is 10.7. The average molecular weight is 448 g/mol. The molecule has 0 unspecified atom stereocenters. The molecule has 0 atom stereocenters. The Bertz CT molecular complexity index is 996. The van der Waals surface area contributed by atoms with Crippen molar-refractivity contribution in [3.63, 3.8) is 0 Å². The van der Waals surface area contributed by atoms with Crippen LogP contribution in [0.25, 0.3) is 27.1 Å². The van der Waals surface area contributed by atoms with Crippen molar-refractivity contribution in [2.45, 2.75) is 19.5 Å². The van der Waals surface area contributed by atoms with E-state index in [9.17, 15) is 0 Å². The summed E-state index contributed by atoms with van der Waals surface area (Å²) in [5.74, 6) is 0. The molecule has 0 spiro atoms. The predicted octanol–water partition coefficient (Wildman–Crippen LogP) is -1.80. The fraction of sp³-hybridized carbons (Fsp3) is 0.150. The number of allylic oxidation sites excluding steroid dienone is 4. The van der Waals surface area contributed by atoms with Crippen molar-refractivity contribution in [1.82, 2.24) is 0 Å². The molecule has 3 aromatic carbocycles. The fourth-order valence-electron chi connectivity index (χ4n) is 4.05. The minimum atomic E-state index is -1.26. The van der Waals surface area contributed by atoms with Crippen LogP contribution >= 0.6 is 0 Å². The Kier molecular flexibility index (Phi) is 5.48. The summed E-state index contributed by atoms with van der Waals surface area (Å²) < 4.78 is 0. The van der Waals surface area contributed by atoms with Crippen molar-refractivity contribution in [2.24, 2.45) is 0 Å². The van der Waals surface area contributed by atoms with Gasteiger partial charge in [-0.1, -0.05) is 77.1 Å². The Balaban J connectivity index is 0.000000694. The molecule has 0 nitrogen and oxygen atoms in total. The Labute approximate surface area is 175 Å². The van der Waals surface area contributed by atoms with Crippen molar-refractivity contribution in [2.75, 3.05) is 0 Å². The van der Waals surface area contributed by atoms with Gasteiger partial charge >= 0.3 is 26.2 Å². The van der Waals surface area contributed by atoms with E-state index < -0.39 is 8.07 Å². The van der Waals surface area contributed by atoms with Crippen LogP contribution in [0.1, 0.15) is 12.0 Å². The zero-order chi connectivity index (χ0) is 14.2. The van der Waals surface area contributed by atoms with Crippen LogP contribution in [0.5, 0.6) is 0 Å². The van der Waals surface area contributed by atoms with Crippen LogP contribution in [0.4, 0.5) is 0 Å². The maximum atomic E-state index is 2.49. The van der Waals surface area contributed by atoms with Gasteiger partial charge in [0.05, 0.1) is 0 Å². The molecule has 3 aromatic rings. The zero-order valence-electron chi connectivity index (χ0n) is 13.7. The minimum absolute atomic E-state index is 0. The number of hydrogen-bond acceptors (Lipinski definition) is 0. The van der Waals surface area contributed by atoms with E-state index in [1.807, 2.05) is 0 Å². The van der Waals surface area contributed by atoms with Crippen molar-refractivity contribution < 1.29 is 51.0 Å². The molecule has 0 saturated heterocycles. The summed E-state index contributed by atoms with van der Waals surface area (Å²) in [6, 6.07) is 13.7. The summed E-state index contributed by atoms with van der Waals surface area (Å²) in [6.07, 6.45) is 7.90. The molecule has 1 aliphatic heterocycles. The summed E-state index contributed by atoms with van der Waals surface area (Å²) in [7, 11) is -1.26. The normalized spacial score (nSPS) is 16.0. The molecule has 1 radical (unpaired) electrons. The Morgan fingerprint density at radius 3 is 2.50 bits per heavy atom. The standard InChI is InChI=1S/C20H17Si.2ClH.Zr/c1-21(2)18-12-16-15-10-6-5-9-14(15)11-17(16)19(20(18)21)13-7-3-4-8-13;;;/h3-7,9-12H,8H2,1-2H3;2*1H;/q-1;;;+3/p-2. The van der Waals surface area contributed by atoms with Gasteiger partial charge in [0.25, 0.3) is 0 Å². The number of benzene rings is 2. The van der Waals surface area contributed by atoms with Gasteiger partial charge in [-0.25, -0.2) is 0 Å². The molecule has 1 heterocycles. The molecule has 0 amide bonds. The first-order valence-electron chi connectivity index (χ1n) is 7.70. The Morgan fingerprint density at radius 2 is 1.79 bits per heavy atom. The van der Waals surface area contributed by atoms with Crippen LogP contribution in [0.2, 0.25) is 13.1 Å². The van der Waals surface area contributed by atoms with Gasteiger partial charge in [0.1, 0.15) is 8.07 Å². The molecule has 0 fully saturated rings. The molecule has 24 heavy (non-hydrogen) atoms. The molecular weight excluding hydrogens is 430 g/mol. The van der Waals surface area contributed by atoms with E-state index in [1.165, 1.54) is 27.1 Å². The summed E-state index contributed by atoms with van der Waals surface area (Å²) in [5.41, 5.74) is 3.09. The van der Waals surface area contributed by atoms with Gasteiger partial charge in [0, 0.05) is 0 Å². The summed E-state index contributed by atoms with van der Waals surface area (Å²) in [4.78, 5) is 0. The molecule has 0 bridgehead atoms. The van der Waals surface area contributed by atoms with E-state index in [0.717, 1.165) is 6.42 Å². The van der Waals surface area contributed by atoms with Gasteiger partial charge in [-0.15, -0.1) is 33.7 Å². The molecule has 2 aliphatic rings. The SMILES string of the molecule is C[Si]1(C)c2cc3c([cH-]c4ccccc43)c(C3=CC=CC3)c21.[Cl-].[Cl-].[Zr+3]. The fourth-order valence-corrected chi connectivity index (χ4v) is 7.42. The van der Waals surface area contributed by atoms with Crippen LogP contribution < -0.4 is 35.2 Å². The van der Waals surface area contributed by atoms with E-state index in [1.54, 1.807) is 15.9 Å². The molecule has 1 aliphatic carbocycles. The topological polar surface area (TPSA) is 0 Å². The number of hydrogen-bond donors (Lipinski definition) is 0. The van der Waals surface area contributed by atoms with Gasteiger partial charge in [0.15, 0.2) is 0 Å². The van der Waals surface area contributed by atoms with Gasteiger partial charge in [0.2, 0.25) is 0 Å². The minimum Gasteiger partial charge on any atom is -1.00 e. The summed E-state index contributed by atoms with van der Waals surface area (Å²) in [5, 5.41) is 9.12. The second kappa shape index (κ2) is 6.65. The second-order valence-electron chi connectivity index (χ2n) is 6.82. The first-order chi connectivity index (χ1) is 10.2. The maximum absolute atomic E-state index is 2.49. The van der Waals surface area contributed by atoms with E-state index in [2.05, 4.69) is 67.7 Å². The molecule has 119 valence electrons. The Morgan fingerprint density at radius 1 is 1.04 bits per heavy atom. The monoisotopic (exact) mass is 445 g/mol. The van der Waals surface area contributed by atoms with Crippen molar-refractivity contribution in [3.05, 3.63) is 60.2 Å². The number of halogens is 2. The quantitative estimate of drug-likeness (QED) is 0.305. The average Bonchev–Trinajstić information content (AvgIpc) is 2.94. The molecule has 0 N–H and O–H groups in total. The molecule has 0 aromatic heterocycles. The predicted molar refractivity (Wildman–Crippen MR) is 95.5 cm³/mol. The van der Waals surface area contributed by atoms with E-state index in [4.69, 9.17) is 0 Å². The van der Waals surface area contributed by atoms with Crippen molar-refractivity contribution in [3.8, 4) is 0 Å². The third kappa shape index (κ3) is 2.54. The van der Waals surface area contributed by atoms with Gasteiger partial charge in [-0.05, 0) is 6.42 Å². The molecule has 0 saturated carbocycles. The third-order valence-corrected chi connectivity index (χ3v) is 8.51. The van der Waals surface area contributed by atoms with Crippen LogP contribution in [-0.2, 0) is 26.2 Å². The summed E-state index contributed by atoms with van der Waals surface area (Å²) in [6.45, 7) is 4.98. The van der Waals surface area contributed by atoms with Gasteiger partial charge < -0.3 is 24.8 Å². The summed E-state index contributed by atoms with van der Waals surface area (Å²) >= 11 is 0. The van der Waals surface area contributed by atoms with Crippen LogP contribution in [0.3, 0.4) is 0 Å². The van der Waals surface area contributed by atoms with Crippen LogP contribution in [-0.4, -0.2) is 8.07 Å². The first kappa shape index (κ1) is 19.8. The maximum Gasteiger partial charge on any atom is 3.00 e. The van der Waals surface area contributed by atoms with Crippen LogP contribution in [0, 0.1) is 0 Å². The van der Waals surface area contributed by atoms with Crippen LogP contribution in [0.15, 0.2) is 54.6 Å². The Hall–Kier alpha value is -0.530. The molecule has 5 rings (SSSR count). The van der Waals surface area contributed by atoms with E-state index in [-0.39, 0.29) is 51.0 Å². The van der Waals surface area contributed by atoms with Crippen molar-refractivity contribution >= 4 is 45.6 Å². The molecular formula is C20H17Cl2SiZr. The largest absolute Gasteiger partial charge is 3.00 e. The third-order valence-electron chi connectivity index (χ3n) is 5.25. The van der Waals surface area contributed by atoms with Gasteiger partial charge in [-0.2, -0.15) is 0 Å².